The number of anilines is 1. The van der Waals surface area contributed by atoms with E-state index in [1.807, 2.05) is 0 Å². The minimum absolute atomic E-state index is 0.682. The monoisotopic (exact) mass is 202 g/mol. The molecule has 14 heavy (non-hydrogen) atoms. The second kappa shape index (κ2) is 2.58. The Hall–Kier alpha value is -1.35. The molecule has 1 heterocycles. The number of hydrogen-bond acceptors (Lipinski definition) is 3. The highest BCUT2D eigenvalue weighted by Gasteiger charge is 2.22. The van der Waals surface area contributed by atoms with E-state index < -0.39 is 0 Å². The minimum atomic E-state index is 0.682. The molecule has 0 atom stereocenters. The standard InChI is InChI=1S/C11H10N2S/c1-6-2-3-8-7(4-6)5-9-10(8)13-11(12)14-9/h2-4H,5H2,1H3,(H2,12,13). The summed E-state index contributed by atoms with van der Waals surface area (Å²) in [5, 5.41) is 0.682. The number of nitrogen functional groups attached to an aromatic ring is 1. The van der Waals surface area contributed by atoms with Crippen molar-refractivity contribution in [2.24, 2.45) is 0 Å². The van der Waals surface area contributed by atoms with E-state index in [9.17, 15) is 0 Å². The van der Waals surface area contributed by atoms with Crippen molar-refractivity contribution in [1.82, 2.24) is 4.98 Å². The first-order chi connectivity index (χ1) is 6.74. The Labute approximate surface area is 86.4 Å². The molecule has 0 unspecified atom stereocenters. The Balaban J connectivity index is 2.25. The summed E-state index contributed by atoms with van der Waals surface area (Å²) in [5.41, 5.74) is 10.7. The zero-order chi connectivity index (χ0) is 9.71. The van der Waals surface area contributed by atoms with Gasteiger partial charge in [0.05, 0.1) is 5.69 Å². The number of thiazole rings is 1. The van der Waals surface area contributed by atoms with Crippen LogP contribution in [-0.4, -0.2) is 4.98 Å². The topological polar surface area (TPSA) is 38.9 Å². The van der Waals surface area contributed by atoms with E-state index in [0.717, 1.165) is 12.1 Å². The van der Waals surface area contributed by atoms with Crippen LogP contribution in [0.25, 0.3) is 11.3 Å². The van der Waals surface area contributed by atoms with Crippen LogP contribution >= 0.6 is 11.3 Å². The van der Waals surface area contributed by atoms with E-state index in [1.165, 1.54) is 21.6 Å². The highest BCUT2D eigenvalue weighted by atomic mass is 32.1. The van der Waals surface area contributed by atoms with Crippen LogP contribution < -0.4 is 5.73 Å². The lowest BCUT2D eigenvalue weighted by Gasteiger charge is -1.99. The van der Waals surface area contributed by atoms with Crippen LogP contribution in [0.2, 0.25) is 0 Å². The molecule has 1 aromatic heterocycles. The lowest BCUT2D eigenvalue weighted by atomic mass is 10.1. The van der Waals surface area contributed by atoms with Gasteiger partial charge in [0.2, 0.25) is 0 Å². The zero-order valence-electron chi connectivity index (χ0n) is 7.87. The van der Waals surface area contributed by atoms with Gasteiger partial charge in [-0.15, -0.1) is 11.3 Å². The third-order valence-corrected chi connectivity index (χ3v) is 3.47. The molecule has 0 bridgehead atoms. The van der Waals surface area contributed by atoms with E-state index in [2.05, 4.69) is 30.1 Å². The summed E-state index contributed by atoms with van der Waals surface area (Å²) in [4.78, 5) is 5.67. The summed E-state index contributed by atoms with van der Waals surface area (Å²) < 4.78 is 0. The first-order valence-corrected chi connectivity index (χ1v) is 5.41. The Morgan fingerprint density at radius 2 is 2.29 bits per heavy atom. The van der Waals surface area contributed by atoms with E-state index >= 15 is 0 Å². The third-order valence-electron chi connectivity index (χ3n) is 2.58. The molecule has 0 amide bonds. The number of benzene rings is 1. The predicted molar refractivity (Wildman–Crippen MR) is 59.5 cm³/mol. The molecule has 70 valence electrons. The maximum absolute atomic E-state index is 5.68. The molecule has 0 fully saturated rings. The van der Waals surface area contributed by atoms with Crippen LogP contribution in [0.15, 0.2) is 18.2 Å². The van der Waals surface area contributed by atoms with Crippen molar-refractivity contribution in [2.45, 2.75) is 13.3 Å². The summed E-state index contributed by atoms with van der Waals surface area (Å²) in [6.07, 6.45) is 1.00. The number of nitrogens with two attached hydrogens (primary N) is 1. The smallest absolute Gasteiger partial charge is 0.180 e. The molecule has 0 radical (unpaired) electrons. The normalized spacial score (nSPS) is 12.6. The Bertz CT molecular complexity index is 514. The number of nitrogens with zero attached hydrogens (tertiary/aromatic N) is 1. The predicted octanol–water partition coefficient (Wildman–Crippen LogP) is 2.60. The summed E-state index contributed by atoms with van der Waals surface area (Å²) in [6.45, 7) is 2.12. The molecule has 3 heteroatoms. The summed E-state index contributed by atoms with van der Waals surface area (Å²) >= 11 is 1.61. The van der Waals surface area contributed by atoms with Gasteiger partial charge in [0.1, 0.15) is 0 Å². The van der Waals surface area contributed by atoms with Gasteiger partial charge in [0.15, 0.2) is 5.13 Å². The van der Waals surface area contributed by atoms with Gasteiger partial charge in [-0.05, 0) is 12.5 Å². The van der Waals surface area contributed by atoms with Crippen LogP contribution in [0, 0.1) is 6.92 Å². The average molecular weight is 202 g/mol. The maximum Gasteiger partial charge on any atom is 0.180 e. The molecule has 2 N–H and O–H groups in total. The van der Waals surface area contributed by atoms with Gasteiger partial charge >= 0.3 is 0 Å². The van der Waals surface area contributed by atoms with E-state index in [0.29, 0.717) is 5.13 Å². The van der Waals surface area contributed by atoms with Crippen LogP contribution in [-0.2, 0) is 6.42 Å². The number of fused-ring (bicyclic) bond motifs is 3. The summed E-state index contributed by atoms with van der Waals surface area (Å²) in [7, 11) is 0. The number of rotatable bonds is 0. The highest BCUT2D eigenvalue weighted by Crippen LogP contribution is 2.40. The molecule has 2 aromatic rings. The van der Waals surface area contributed by atoms with Crippen molar-refractivity contribution in [3.8, 4) is 11.3 Å². The second-order valence-corrected chi connectivity index (χ2v) is 4.78. The first-order valence-electron chi connectivity index (χ1n) is 4.59. The average Bonchev–Trinajstić information content (AvgIpc) is 2.59. The molecule has 2 nitrogen and oxygen atoms in total. The van der Waals surface area contributed by atoms with Gasteiger partial charge in [-0.1, -0.05) is 23.8 Å². The Kier molecular flexibility index (Phi) is 1.47. The first kappa shape index (κ1) is 8.00. The molecular formula is C11H10N2S. The van der Waals surface area contributed by atoms with Crippen molar-refractivity contribution < 1.29 is 0 Å². The van der Waals surface area contributed by atoms with Gasteiger partial charge in [-0.3, -0.25) is 0 Å². The maximum atomic E-state index is 5.68. The van der Waals surface area contributed by atoms with Gasteiger partial charge in [-0.25, -0.2) is 4.98 Å². The van der Waals surface area contributed by atoms with Crippen molar-refractivity contribution in [3.63, 3.8) is 0 Å². The van der Waals surface area contributed by atoms with Crippen LogP contribution in [0.5, 0.6) is 0 Å². The number of aryl methyl sites for hydroxylation is 1. The molecule has 0 saturated carbocycles. The van der Waals surface area contributed by atoms with Crippen LogP contribution in [0.4, 0.5) is 5.13 Å². The molecule has 1 aliphatic rings. The van der Waals surface area contributed by atoms with Crippen LogP contribution in [0.1, 0.15) is 16.0 Å². The fourth-order valence-electron chi connectivity index (χ4n) is 1.97. The van der Waals surface area contributed by atoms with E-state index in [4.69, 9.17) is 5.73 Å². The molecule has 1 aromatic carbocycles. The van der Waals surface area contributed by atoms with Gasteiger partial charge < -0.3 is 5.73 Å². The zero-order valence-corrected chi connectivity index (χ0v) is 8.69. The lowest BCUT2D eigenvalue weighted by Crippen LogP contribution is -1.85. The van der Waals surface area contributed by atoms with Crippen molar-refractivity contribution in [3.05, 3.63) is 34.2 Å². The van der Waals surface area contributed by atoms with Gasteiger partial charge in [0.25, 0.3) is 0 Å². The Morgan fingerprint density at radius 3 is 3.14 bits per heavy atom. The highest BCUT2D eigenvalue weighted by molar-refractivity contribution is 7.15. The fourth-order valence-corrected chi connectivity index (χ4v) is 2.84. The fraction of sp³-hybridized carbons (Fsp3) is 0.182. The molecular weight excluding hydrogens is 192 g/mol. The van der Waals surface area contributed by atoms with Crippen molar-refractivity contribution in [1.29, 1.82) is 0 Å². The second-order valence-electron chi connectivity index (χ2n) is 3.66. The molecule has 0 spiro atoms. The van der Waals surface area contributed by atoms with E-state index in [-0.39, 0.29) is 0 Å². The van der Waals surface area contributed by atoms with Crippen LogP contribution in [0.3, 0.4) is 0 Å². The van der Waals surface area contributed by atoms with Gasteiger partial charge in [0, 0.05) is 16.9 Å². The lowest BCUT2D eigenvalue weighted by molar-refractivity contribution is 1.28. The van der Waals surface area contributed by atoms with Crippen molar-refractivity contribution in [2.75, 3.05) is 5.73 Å². The van der Waals surface area contributed by atoms with Crippen molar-refractivity contribution >= 4 is 16.5 Å². The number of aromatic nitrogens is 1. The Morgan fingerprint density at radius 1 is 1.43 bits per heavy atom. The van der Waals surface area contributed by atoms with Gasteiger partial charge in [-0.2, -0.15) is 0 Å². The number of hydrogen-bond donors (Lipinski definition) is 1. The minimum Gasteiger partial charge on any atom is -0.375 e. The van der Waals surface area contributed by atoms with E-state index in [1.54, 1.807) is 11.3 Å². The summed E-state index contributed by atoms with van der Waals surface area (Å²) in [5.74, 6) is 0. The quantitative estimate of drug-likeness (QED) is 0.608. The summed E-state index contributed by atoms with van der Waals surface area (Å²) in [6, 6.07) is 6.51. The SMILES string of the molecule is Cc1ccc2c(c1)Cc1sc(N)nc1-2. The molecule has 3 rings (SSSR count). The molecule has 1 aliphatic carbocycles. The largest absolute Gasteiger partial charge is 0.375 e. The molecule has 0 saturated heterocycles. The third kappa shape index (κ3) is 0.990. The molecule has 0 aliphatic heterocycles.